The molecule has 0 aromatic carbocycles. The molecule has 0 saturated carbocycles. The first-order valence-corrected chi connectivity index (χ1v) is 5.58. The number of ether oxygens (including phenoxy) is 1. The van der Waals surface area contributed by atoms with Crippen LogP contribution < -0.4 is 10.6 Å². The van der Waals surface area contributed by atoms with Gasteiger partial charge in [0, 0.05) is 25.7 Å². The molecule has 88 valence electrons. The summed E-state index contributed by atoms with van der Waals surface area (Å²) in [7, 11) is 0. The Morgan fingerprint density at radius 3 is 3.00 bits per heavy atom. The summed E-state index contributed by atoms with van der Waals surface area (Å²) in [5.41, 5.74) is 0. The number of hydrogen-bond acceptors (Lipinski definition) is 3. The van der Waals surface area contributed by atoms with Gasteiger partial charge in [-0.05, 0) is 13.5 Å². The van der Waals surface area contributed by atoms with Crippen LogP contribution in [-0.4, -0.2) is 56.4 Å². The zero-order valence-electron chi connectivity index (χ0n) is 9.58. The number of rotatable bonds is 7. The quantitative estimate of drug-likeness (QED) is 0.589. The second kappa shape index (κ2) is 6.63. The van der Waals surface area contributed by atoms with Crippen LogP contribution in [0.25, 0.3) is 0 Å². The van der Waals surface area contributed by atoms with Crippen molar-refractivity contribution in [3.05, 3.63) is 0 Å². The lowest BCUT2D eigenvalue weighted by Gasteiger charge is -2.19. The number of hydrogen-bond donors (Lipinski definition) is 2. The van der Waals surface area contributed by atoms with Gasteiger partial charge in [0.25, 0.3) is 0 Å². The molecular formula is C10H21N3O2. The summed E-state index contributed by atoms with van der Waals surface area (Å²) in [5, 5.41) is 5.98. The number of nitrogens with one attached hydrogen (secondary N) is 2. The maximum absolute atomic E-state index is 11.3. The van der Waals surface area contributed by atoms with Crippen molar-refractivity contribution in [1.82, 2.24) is 15.5 Å². The van der Waals surface area contributed by atoms with Crippen molar-refractivity contribution in [2.45, 2.75) is 19.9 Å². The fraction of sp³-hybridized carbons (Fsp3) is 0.900. The van der Waals surface area contributed by atoms with Crippen molar-refractivity contribution in [1.29, 1.82) is 0 Å². The second-order valence-corrected chi connectivity index (χ2v) is 3.69. The highest BCUT2D eigenvalue weighted by Crippen LogP contribution is 2.04. The van der Waals surface area contributed by atoms with Crippen molar-refractivity contribution in [2.75, 3.05) is 39.4 Å². The Balaban J connectivity index is 2.02. The van der Waals surface area contributed by atoms with Gasteiger partial charge in [0.2, 0.25) is 0 Å². The van der Waals surface area contributed by atoms with E-state index >= 15 is 0 Å². The first kappa shape index (κ1) is 12.3. The lowest BCUT2D eigenvalue weighted by molar-refractivity contribution is 0.110. The van der Waals surface area contributed by atoms with Gasteiger partial charge >= 0.3 is 6.03 Å². The zero-order chi connectivity index (χ0) is 11.1. The molecule has 1 aliphatic rings. The summed E-state index contributed by atoms with van der Waals surface area (Å²) in [5.74, 6) is 0. The van der Waals surface area contributed by atoms with Gasteiger partial charge in [-0.25, -0.2) is 4.79 Å². The molecule has 1 aliphatic heterocycles. The number of amides is 2. The van der Waals surface area contributed by atoms with Gasteiger partial charge in [-0.2, -0.15) is 0 Å². The van der Waals surface area contributed by atoms with Crippen molar-refractivity contribution in [2.24, 2.45) is 0 Å². The van der Waals surface area contributed by atoms with Crippen LogP contribution in [0.15, 0.2) is 0 Å². The minimum Gasteiger partial charge on any atom is -0.378 e. The molecule has 1 fully saturated rings. The molecule has 2 amide bonds. The Kier molecular flexibility index (Phi) is 5.42. The number of carbonyl (C=O) groups excluding carboxylic acids is 1. The molecule has 0 aromatic rings. The molecule has 5 heteroatoms. The molecule has 1 atom stereocenters. The average Bonchev–Trinajstić information content (AvgIpc) is 2.54. The lowest BCUT2D eigenvalue weighted by atomic mass is 10.3. The summed E-state index contributed by atoms with van der Waals surface area (Å²) in [6, 6.07) is 0.313. The van der Waals surface area contributed by atoms with Gasteiger partial charge in [0.05, 0.1) is 13.2 Å². The van der Waals surface area contributed by atoms with E-state index < -0.39 is 0 Å². The monoisotopic (exact) mass is 215 g/mol. The van der Waals surface area contributed by atoms with Gasteiger partial charge in [0.15, 0.2) is 0 Å². The van der Waals surface area contributed by atoms with E-state index in [0.717, 1.165) is 19.6 Å². The molecule has 0 aliphatic carbocycles. The molecule has 0 radical (unpaired) electrons. The minimum absolute atomic E-state index is 0.0257. The highest BCUT2D eigenvalue weighted by molar-refractivity contribution is 5.76. The fourth-order valence-corrected chi connectivity index (χ4v) is 1.55. The van der Waals surface area contributed by atoms with Crippen LogP contribution in [-0.2, 0) is 4.74 Å². The van der Waals surface area contributed by atoms with E-state index in [1.165, 1.54) is 0 Å². The molecule has 1 saturated heterocycles. The third-order valence-corrected chi connectivity index (χ3v) is 2.49. The molecule has 1 unspecified atom stereocenters. The average molecular weight is 215 g/mol. The molecule has 15 heavy (non-hydrogen) atoms. The van der Waals surface area contributed by atoms with Crippen LogP contribution in [0.3, 0.4) is 0 Å². The van der Waals surface area contributed by atoms with Crippen LogP contribution in [0, 0.1) is 0 Å². The molecular weight excluding hydrogens is 194 g/mol. The molecule has 0 aromatic heterocycles. The maximum atomic E-state index is 11.3. The SMILES string of the molecule is CCNCCOCCN1C(=O)NCC1C. The van der Waals surface area contributed by atoms with Gasteiger partial charge in [0.1, 0.15) is 0 Å². The normalized spacial score (nSPS) is 20.8. The summed E-state index contributed by atoms with van der Waals surface area (Å²) in [4.78, 5) is 13.1. The maximum Gasteiger partial charge on any atom is 0.317 e. The van der Waals surface area contributed by atoms with E-state index in [0.29, 0.717) is 19.8 Å². The summed E-state index contributed by atoms with van der Waals surface area (Å²) in [6.07, 6.45) is 0. The van der Waals surface area contributed by atoms with Crippen LogP contribution in [0.1, 0.15) is 13.8 Å². The van der Waals surface area contributed by atoms with Crippen molar-refractivity contribution in [3.8, 4) is 0 Å². The van der Waals surface area contributed by atoms with E-state index in [9.17, 15) is 4.79 Å². The zero-order valence-corrected chi connectivity index (χ0v) is 9.58. The molecule has 2 N–H and O–H groups in total. The van der Waals surface area contributed by atoms with Gasteiger partial charge in [-0.15, -0.1) is 0 Å². The molecule has 1 rings (SSSR count). The van der Waals surface area contributed by atoms with E-state index in [2.05, 4.69) is 17.6 Å². The van der Waals surface area contributed by atoms with Crippen LogP contribution in [0.2, 0.25) is 0 Å². The largest absolute Gasteiger partial charge is 0.378 e. The van der Waals surface area contributed by atoms with Gasteiger partial charge in [-0.3, -0.25) is 0 Å². The summed E-state index contributed by atoms with van der Waals surface area (Å²) >= 11 is 0. The van der Waals surface area contributed by atoms with E-state index in [4.69, 9.17) is 4.74 Å². The topological polar surface area (TPSA) is 53.6 Å². The van der Waals surface area contributed by atoms with E-state index in [1.807, 2.05) is 11.8 Å². The van der Waals surface area contributed by atoms with Gasteiger partial charge in [-0.1, -0.05) is 6.92 Å². The smallest absolute Gasteiger partial charge is 0.317 e. The third kappa shape index (κ3) is 4.05. The number of likely N-dealkylation sites (N-methyl/N-ethyl adjacent to an activating group) is 1. The molecule has 1 heterocycles. The third-order valence-electron chi connectivity index (χ3n) is 2.49. The predicted octanol–water partition coefficient (Wildman–Crippen LogP) is 0.0262. The molecule has 0 spiro atoms. The van der Waals surface area contributed by atoms with Crippen molar-refractivity contribution < 1.29 is 9.53 Å². The predicted molar refractivity (Wildman–Crippen MR) is 58.9 cm³/mol. The highest BCUT2D eigenvalue weighted by Gasteiger charge is 2.26. The Hall–Kier alpha value is -0.810. The Morgan fingerprint density at radius 1 is 1.60 bits per heavy atom. The van der Waals surface area contributed by atoms with Crippen LogP contribution in [0.4, 0.5) is 4.79 Å². The second-order valence-electron chi connectivity index (χ2n) is 3.69. The van der Waals surface area contributed by atoms with Crippen LogP contribution >= 0.6 is 0 Å². The number of urea groups is 1. The van der Waals surface area contributed by atoms with E-state index in [1.54, 1.807) is 0 Å². The Bertz CT molecular complexity index is 199. The van der Waals surface area contributed by atoms with Gasteiger partial charge < -0.3 is 20.3 Å². The molecule has 5 nitrogen and oxygen atoms in total. The molecule has 0 bridgehead atoms. The van der Waals surface area contributed by atoms with E-state index in [-0.39, 0.29) is 12.1 Å². The number of nitrogens with zero attached hydrogens (tertiary/aromatic N) is 1. The highest BCUT2D eigenvalue weighted by atomic mass is 16.5. The summed E-state index contributed by atoms with van der Waals surface area (Å²) in [6.45, 7) is 8.69. The fourth-order valence-electron chi connectivity index (χ4n) is 1.55. The summed E-state index contributed by atoms with van der Waals surface area (Å²) < 4.78 is 5.41. The number of carbonyl (C=O) groups is 1. The Labute approximate surface area is 91.2 Å². The lowest BCUT2D eigenvalue weighted by Crippen LogP contribution is -2.35. The first-order chi connectivity index (χ1) is 7.25. The minimum atomic E-state index is 0.0257. The standard InChI is InChI=1S/C10H21N3O2/c1-3-11-4-6-15-7-5-13-9(2)8-12-10(13)14/h9,11H,3-8H2,1-2H3,(H,12,14). The van der Waals surface area contributed by atoms with Crippen molar-refractivity contribution in [3.63, 3.8) is 0 Å². The first-order valence-electron chi connectivity index (χ1n) is 5.58. The van der Waals surface area contributed by atoms with Crippen molar-refractivity contribution >= 4 is 6.03 Å². The van der Waals surface area contributed by atoms with Crippen LogP contribution in [0.5, 0.6) is 0 Å². The Morgan fingerprint density at radius 2 is 2.40 bits per heavy atom.